The summed E-state index contributed by atoms with van der Waals surface area (Å²) in [5.41, 5.74) is 1.30. The third-order valence-electron chi connectivity index (χ3n) is 3.87. The van der Waals surface area contributed by atoms with Crippen molar-refractivity contribution in [2.75, 3.05) is 20.1 Å². The van der Waals surface area contributed by atoms with Gasteiger partial charge in [-0.05, 0) is 32.9 Å². The number of aromatic nitrogens is 2. The monoisotopic (exact) mass is 250 g/mol. The van der Waals surface area contributed by atoms with Gasteiger partial charge in [-0.25, -0.2) is 4.98 Å². The van der Waals surface area contributed by atoms with Crippen LogP contribution in [0.4, 0.5) is 0 Å². The van der Waals surface area contributed by atoms with Gasteiger partial charge in [0.15, 0.2) is 0 Å². The molecule has 4 nitrogen and oxygen atoms in total. The number of hydrogen-bond acceptors (Lipinski definition) is 3. The molecule has 1 aliphatic heterocycles. The van der Waals surface area contributed by atoms with Crippen LogP contribution in [0.2, 0.25) is 0 Å². The van der Waals surface area contributed by atoms with E-state index in [9.17, 15) is 0 Å². The minimum Gasteiger partial charge on any atom is -0.333 e. The standard InChI is InChI=1S/C14H26N4/c1-3-7-18-12-16-11-14(18)10-15-9-13-6-4-5-8-17(13)2/h11-13,15H,3-10H2,1-2H3. The van der Waals surface area contributed by atoms with E-state index in [1.807, 2.05) is 12.5 Å². The minimum atomic E-state index is 0.710. The molecular formula is C14H26N4. The Balaban J connectivity index is 1.75. The van der Waals surface area contributed by atoms with Gasteiger partial charge in [-0.1, -0.05) is 13.3 Å². The van der Waals surface area contributed by atoms with Crippen molar-refractivity contribution in [2.45, 2.75) is 51.7 Å². The van der Waals surface area contributed by atoms with Crippen molar-refractivity contribution < 1.29 is 0 Å². The highest BCUT2D eigenvalue weighted by Crippen LogP contribution is 2.14. The quantitative estimate of drug-likeness (QED) is 0.836. The zero-order valence-electron chi connectivity index (χ0n) is 11.7. The van der Waals surface area contributed by atoms with Crippen molar-refractivity contribution >= 4 is 0 Å². The largest absolute Gasteiger partial charge is 0.333 e. The third-order valence-corrected chi connectivity index (χ3v) is 3.87. The maximum atomic E-state index is 4.23. The molecule has 1 aromatic heterocycles. The molecule has 0 spiro atoms. The predicted octanol–water partition coefficient (Wildman–Crippen LogP) is 1.87. The normalized spacial score (nSPS) is 21.3. The van der Waals surface area contributed by atoms with E-state index in [1.54, 1.807) is 0 Å². The highest BCUT2D eigenvalue weighted by Gasteiger charge is 2.18. The second-order valence-electron chi connectivity index (χ2n) is 5.34. The topological polar surface area (TPSA) is 33.1 Å². The maximum absolute atomic E-state index is 4.23. The zero-order chi connectivity index (χ0) is 12.8. The molecule has 4 heteroatoms. The van der Waals surface area contributed by atoms with Crippen LogP contribution < -0.4 is 5.32 Å². The second-order valence-corrected chi connectivity index (χ2v) is 5.34. The Morgan fingerprint density at radius 3 is 3.11 bits per heavy atom. The maximum Gasteiger partial charge on any atom is 0.0948 e. The van der Waals surface area contributed by atoms with Gasteiger partial charge < -0.3 is 14.8 Å². The molecule has 0 aliphatic carbocycles. The molecule has 0 bridgehead atoms. The van der Waals surface area contributed by atoms with Crippen molar-refractivity contribution in [3.63, 3.8) is 0 Å². The molecule has 1 N–H and O–H groups in total. The number of piperidine rings is 1. The molecule has 1 aliphatic rings. The van der Waals surface area contributed by atoms with Crippen LogP contribution in [-0.2, 0) is 13.1 Å². The Kier molecular flexibility index (Phi) is 5.20. The van der Waals surface area contributed by atoms with E-state index in [1.165, 1.54) is 31.5 Å². The van der Waals surface area contributed by atoms with Gasteiger partial charge in [0.2, 0.25) is 0 Å². The van der Waals surface area contributed by atoms with E-state index in [0.29, 0.717) is 6.04 Å². The first-order valence-corrected chi connectivity index (χ1v) is 7.21. The first kappa shape index (κ1) is 13.6. The highest BCUT2D eigenvalue weighted by atomic mass is 15.2. The fourth-order valence-corrected chi connectivity index (χ4v) is 2.71. The van der Waals surface area contributed by atoms with Gasteiger partial charge >= 0.3 is 0 Å². The van der Waals surface area contributed by atoms with Crippen LogP contribution in [0.5, 0.6) is 0 Å². The first-order valence-electron chi connectivity index (χ1n) is 7.21. The smallest absolute Gasteiger partial charge is 0.0948 e. The molecule has 1 atom stereocenters. The van der Waals surface area contributed by atoms with Gasteiger partial charge in [0, 0.05) is 31.9 Å². The molecule has 1 fully saturated rings. The second kappa shape index (κ2) is 6.90. The van der Waals surface area contributed by atoms with Crippen molar-refractivity contribution in [3.05, 3.63) is 18.2 Å². The molecule has 2 rings (SSSR count). The number of likely N-dealkylation sites (N-methyl/N-ethyl adjacent to an activating group) is 1. The van der Waals surface area contributed by atoms with E-state index < -0.39 is 0 Å². The molecule has 0 radical (unpaired) electrons. The Bertz CT molecular complexity index is 347. The lowest BCUT2D eigenvalue weighted by Crippen LogP contribution is -2.43. The van der Waals surface area contributed by atoms with E-state index in [2.05, 4.69) is 33.7 Å². The lowest BCUT2D eigenvalue weighted by molar-refractivity contribution is 0.181. The van der Waals surface area contributed by atoms with E-state index >= 15 is 0 Å². The first-order chi connectivity index (χ1) is 8.81. The molecule has 0 aromatic carbocycles. The molecule has 18 heavy (non-hydrogen) atoms. The number of aryl methyl sites for hydroxylation is 1. The summed E-state index contributed by atoms with van der Waals surface area (Å²) in [5.74, 6) is 0. The van der Waals surface area contributed by atoms with Crippen molar-refractivity contribution in [1.82, 2.24) is 19.8 Å². The summed E-state index contributed by atoms with van der Waals surface area (Å²) in [7, 11) is 2.24. The number of likely N-dealkylation sites (tertiary alicyclic amines) is 1. The Morgan fingerprint density at radius 1 is 1.44 bits per heavy atom. The van der Waals surface area contributed by atoms with Crippen LogP contribution in [0.25, 0.3) is 0 Å². The number of rotatable bonds is 6. The highest BCUT2D eigenvalue weighted by molar-refractivity contribution is 4.98. The summed E-state index contributed by atoms with van der Waals surface area (Å²) in [6.07, 6.45) is 9.15. The van der Waals surface area contributed by atoms with Gasteiger partial charge in [0.05, 0.1) is 12.0 Å². The Morgan fingerprint density at radius 2 is 2.33 bits per heavy atom. The van der Waals surface area contributed by atoms with E-state index in [0.717, 1.165) is 26.1 Å². The van der Waals surface area contributed by atoms with Crippen LogP contribution in [0.3, 0.4) is 0 Å². The Hall–Kier alpha value is -0.870. The summed E-state index contributed by atoms with van der Waals surface area (Å²) in [6, 6.07) is 0.710. The number of nitrogens with one attached hydrogen (secondary N) is 1. The third kappa shape index (κ3) is 3.56. The Labute approximate surface area is 110 Å². The number of hydrogen-bond donors (Lipinski definition) is 1. The molecule has 0 saturated carbocycles. The van der Waals surface area contributed by atoms with Crippen molar-refractivity contribution in [1.29, 1.82) is 0 Å². The lowest BCUT2D eigenvalue weighted by Gasteiger charge is -2.32. The van der Waals surface area contributed by atoms with E-state index in [-0.39, 0.29) is 0 Å². The van der Waals surface area contributed by atoms with Gasteiger partial charge in [-0.15, -0.1) is 0 Å². The molecule has 1 unspecified atom stereocenters. The van der Waals surface area contributed by atoms with Crippen molar-refractivity contribution in [3.8, 4) is 0 Å². The summed E-state index contributed by atoms with van der Waals surface area (Å²) < 4.78 is 2.25. The summed E-state index contributed by atoms with van der Waals surface area (Å²) in [5, 5.41) is 3.58. The van der Waals surface area contributed by atoms with Crippen LogP contribution in [-0.4, -0.2) is 40.6 Å². The minimum absolute atomic E-state index is 0.710. The van der Waals surface area contributed by atoms with Gasteiger partial charge in [0.1, 0.15) is 0 Å². The van der Waals surface area contributed by atoms with E-state index in [4.69, 9.17) is 0 Å². The lowest BCUT2D eigenvalue weighted by atomic mass is 10.0. The summed E-state index contributed by atoms with van der Waals surface area (Å²) >= 11 is 0. The number of imidazole rings is 1. The SMILES string of the molecule is CCCn1cncc1CNCC1CCCCN1C. The molecular weight excluding hydrogens is 224 g/mol. The zero-order valence-corrected chi connectivity index (χ0v) is 11.7. The summed E-state index contributed by atoms with van der Waals surface area (Å²) in [6.45, 7) is 6.55. The fraction of sp³-hybridized carbons (Fsp3) is 0.786. The molecule has 2 heterocycles. The fourth-order valence-electron chi connectivity index (χ4n) is 2.71. The molecule has 1 aromatic rings. The summed E-state index contributed by atoms with van der Waals surface area (Å²) in [4.78, 5) is 6.72. The van der Waals surface area contributed by atoms with Gasteiger partial charge in [0.25, 0.3) is 0 Å². The van der Waals surface area contributed by atoms with Gasteiger partial charge in [-0.3, -0.25) is 0 Å². The van der Waals surface area contributed by atoms with Crippen LogP contribution in [0.15, 0.2) is 12.5 Å². The molecule has 102 valence electrons. The average molecular weight is 250 g/mol. The average Bonchev–Trinajstić information content (AvgIpc) is 2.80. The van der Waals surface area contributed by atoms with Crippen LogP contribution in [0.1, 0.15) is 38.3 Å². The predicted molar refractivity (Wildman–Crippen MR) is 74.5 cm³/mol. The van der Waals surface area contributed by atoms with Crippen LogP contribution in [0, 0.1) is 0 Å². The van der Waals surface area contributed by atoms with Crippen LogP contribution >= 0.6 is 0 Å². The number of nitrogens with zero attached hydrogens (tertiary/aromatic N) is 3. The molecule has 0 amide bonds. The van der Waals surface area contributed by atoms with Gasteiger partial charge in [-0.2, -0.15) is 0 Å². The molecule has 1 saturated heterocycles. The van der Waals surface area contributed by atoms with Crippen molar-refractivity contribution in [2.24, 2.45) is 0 Å².